The van der Waals surface area contributed by atoms with Crippen molar-refractivity contribution in [2.75, 3.05) is 23.3 Å². The highest BCUT2D eigenvalue weighted by atomic mass is 32.1. The van der Waals surface area contributed by atoms with Crippen molar-refractivity contribution < 1.29 is 18.0 Å². The number of aryl methyl sites for hydroxylation is 2. The molecule has 6 rings (SSSR count). The number of fused-ring (bicyclic) bond motifs is 3. The lowest BCUT2D eigenvalue weighted by Gasteiger charge is -2.28. The van der Waals surface area contributed by atoms with E-state index < -0.39 is 23.3 Å². The number of amidine groups is 1. The summed E-state index contributed by atoms with van der Waals surface area (Å²) in [4.78, 5) is 37.1. The van der Waals surface area contributed by atoms with Gasteiger partial charge in [-0.1, -0.05) is 12.1 Å². The molecule has 2 aliphatic heterocycles. The topological polar surface area (TPSA) is 122 Å². The Hall–Kier alpha value is -4.65. The minimum absolute atomic E-state index is 0.168. The third-order valence-electron chi connectivity index (χ3n) is 6.58. The number of nitrogens with one attached hydrogen (secondary N) is 1. The van der Waals surface area contributed by atoms with Crippen molar-refractivity contribution in [2.24, 2.45) is 10.7 Å². The van der Waals surface area contributed by atoms with Gasteiger partial charge in [-0.15, -0.1) is 11.3 Å². The van der Waals surface area contributed by atoms with Crippen molar-refractivity contribution in [1.29, 1.82) is 0 Å². The van der Waals surface area contributed by atoms with Gasteiger partial charge in [0.15, 0.2) is 5.13 Å². The number of amides is 1. The maximum Gasteiger partial charge on any atom is 0.417 e. The molecule has 0 bridgehead atoms. The highest BCUT2D eigenvalue weighted by Crippen LogP contribution is 2.41. The first-order valence-electron chi connectivity index (χ1n) is 12.2. The molecule has 202 valence electrons. The number of thiazole rings is 1. The minimum atomic E-state index is -4.72. The molecule has 2 aliphatic rings. The van der Waals surface area contributed by atoms with Crippen molar-refractivity contribution in [3.8, 4) is 11.1 Å². The molecule has 0 atom stereocenters. The van der Waals surface area contributed by atoms with Gasteiger partial charge in [0.25, 0.3) is 5.91 Å². The standard InChI is InChI=1S/C27H21F3N8OS/c1-13-3-4-15(20-19(27(28,29)30)5-6-32-21(20)22(31)39)9-17(13)18-10-16-12-34-25(37-26-35-11-14(2)40-26)36-23(16)38-8-7-33-24(18)38/h3-6,9-12H,7-8H2,1-2H3,(H2,31,39)(H,34,35,36,37). The van der Waals surface area contributed by atoms with Gasteiger partial charge in [0, 0.05) is 46.7 Å². The van der Waals surface area contributed by atoms with Crippen LogP contribution in [0.3, 0.4) is 0 Å². The minimum Gasteiger partial charge on any atom is -0.364 e. The molecule has 0 aliphatic carbocycles. The van der Waals surface area contributed by atoms with Gasteiger partial charge in [-0.05, 0) is 48.7 Å². The summed E-state index contributed by atoms with van der Waals surface area (Å²) in [6, 6.07) is 5.70. The largest absolute Gasteiger partial charge is 0.417 e. The van der Waals surface area contributed by atoms with Gasteiger partial charge >= 0.3 is 6.18 Å². The van der Waals surface area contributed by atoms with Crippen LogP contribution in [0, 0.1) is 13.8 Å². The maximum atomic E-state index is 14.0. The van der Waals surface area contributed by atoms with Crippen molar-refractivity contribution in [1.82, 2.24) is 19.9 Å². The zero-order valence-corrected chi connectivity index (χ0v) is 22.1. The molecule has 3 N–H and O–H groups in total. The van der Waals surface area contributed by atoms with E-state index in [1.54, 1.807) is 24.5 Å². The molecule has 0 saturated heterocycles. The zero-order valence-electron chi connectivity index (χ0n) is 21.2. The summed E-state index contributed by atoms with van der Waals surface area (Å²) in [5, 5.41) is 3.80. The van der Waals surface area contributed by atoms with Crippen molar-refractivity contribution in [2.45, 2.75) is 20.0 Å². The first-order chi connectivity index (χ1) is 19.1. The number of aliphatic imine (C=N–C) groups is 1. The third kappa shape index (κ3) is 4.47. The molecular formula is C27H21F3N8OS. The number of alkyl halides is 3. The van der Waals surface area contributed by atoms with Crippen LogP contribution >= 0.6 is 11.3 Å². The molecule has 0 spiro atoms. The number of rotatable bonds is 5. The molecule has 5 heterocycles. The number of nitrogens with zero attached hydrogens (tertiary/aromatic N) is 6. The van der Waals surface area contributed by atoms with E-state index in [0.717, 1.165) is 28.3 Å². The number of halogens is 3. The highest BCUT2D eigenvalue weighted by Gasteiger charge is 2.37. The number of primary amides is 1. The Morgan fingerprint density at radius 1 is 1.12 bits per heavy atom. The molecule has 1 amide bonds. The van der Waals surface area contributed by atoms with Crippen molar-refractivity contribution in [3.05, 3.63) is 75.7 Å². The fourth-order valence-electron chi connectivity index (χ4n) is 4.82. The number of carbonyl (C=O) groups excluding carboxylic acids is 1. The van der Waals surface area contributed by atoms with Crippen LogP contribution in [-0.4, -0.2) is 44.8 Å². The Morgan fingerprint density at radius 3 is 2.67 bits per heavy atom. The Kier molecular flexibility index (Phi) is 6.10. The van der Waals surface area contributed by atoms with Crippen LogP contribution < -0.4 is 16.0 Å². The Balaban J connectivity index is 1.47. The fourth-order valence-corrected chi connectivity index (χ4v) is 5.47. The van der Waals surface area contributed by atoms with Gasteiger partial charge in [-0.25, -0.2) is 9.97 Å². The molecule has 1 aromatic carbocycles. The maximum absolute atomic E-state index is 14.0. The Labute approximate surface area is 230 Å². The van der Waals surface area contributed by atoms with Crippen LogP contribution in [0.4, 0.5) is 30.1 Å². The molecule has 13 heteroatoms. The van der Waals surface area contributed by atoms with Gasteiger partial charge < -0.3 is 10.6 Å². The Morgan fingerprint density at radius 2 is 1.95 bits per heavy atom. The van der Waals surface area contributed by atoms with Crippen LogP contribution in [0.1, 0.15) is 37.6 Å². The molecule has 4 aromatic rings. The number of hydrogen-bond donors (Lipinski definition) is 2. The van der Waals surface area contributed by atoms with Gasteiger partial charge in [0.1, 0.15) is 17.3 Å². The number of aromatic nitrogens is 4. The van der Waals surface area contributed by atoms with Crippen LogP contribution in [0.5, 0.6) is 0 Å². The summed E-state index contributed by atoms with van der Waals surface area (Å²) in [5.41, 5.74) is 6.71. The van der Waals surface area contributed by atoms with E-state index in [2.05, 4.69) is 20.3 Å². The van der Waals surface area contributed by atoms with E-state index in [1.807, 2.05) is 24.8 Å². The van der Waals surface area contributed by atoms with Gasteiger partial charge in [-0.3, -0.25) is 20.1 Å². The second-order valence-electron chi connectivity index (χ2n) is 9.26. The van der Waals surface area contributed by atoms with Gasteiger partial charge in [0.2, 0.25) is 5.95 Å². The normalized spacial score (nSPS) is 14.4. The smallest absolute Gasteiger partial charge is 0.364 e. The van der Waals surface area contributed by atoms with E-state index in [1.165, 1.54) is 17.4 Å². The van der Waals surface area contributed by atoms with Gasteiger partial charge in [-0.2, -0.15) is 18.2 Å². The Bertz CT molecular complexity index is 1740. The third-order valence-corrected chi connectivity index (χ3v) is 7.41. The lowest BCUT2D eigenvalue weighted by Crippen LogP contribution is -2.32. The zero-order chi connectivity index (χ0) is 28.2. The molecule has 0 unspecified atom stereocenters. The number of benzene rings is 1. The molecule has 0 radical (unpaired) electrons. The summed E-state index contributed by atoms with van der Waals surface area (Å²) in [7, 11) is 0. The SMILES string of the molecule is Cc1cnc(Nc2ncc3c(n2)N2CCN=C2C(c2cc(-c4c(C(F)(F)F)ccnc4C(N)=O)ccc2C)=C3)s1. The van der Waals surface area contributed by atoms with Crippen LogP contribution in [-0.2, 0) is 6.18 Å². The summed E-state index contributed by atoms with van der Waals surface area (Å²) < 4.78 is 42.0. The average Bonchev–Trinajstić information content (AvgIpc) is 3.57. The molecule has 40 heavy (non-hydrogen) atoms. The second kappa shape index (κ2) is 9.52. The molecule has 3 aromatic heterocycles. The molecular weight excluding hydrogens is 541 g/mol. The predicted octanol–water partition coefficient (Wildman–Crippen LogP) is 5.25. The predicted molar refractivity (Wildman–Crippen MR) is 148 cm³/mol. The summed E-state index contributed by atoms with van der Waals surface area (Å²) >= 11 is 1.49. The number of pyridine rings is 1. The van der Waals surface area contributed by atoms with E-state index >= 15 is 0 Å². The molecule has 0 saturated carbocycles. The monoisotopic (exact) mass is 562 g/mol. The summed E-state index contributed by atoms with van der Waals surface area (Å²) in [6.45, 7) is 4.92. The quantitative estimate of drug-likeness (QED) is 0.341. The second-order valence-corrected chi connectivity index (χ2v) is 10.5. The van der Waals surface area contributed by atoms with E-state index in [9.17, 15) is 18.0 Å². The van der Waals surface area contributed by atoms with Crippen LogP contribution in [0.15, 0.2) is 47.8 Å². The number of nitrogens with two attached hydrogens (primary N) is 1. The number of hydrogen-bond acceptors (Lipinski definition) is 9. The first-order valence-corrected chi connectivity index (χ1v) is 13.0. The first kappa shape index (κ1) is 25.6. The van der Waals surface area contributed by atoms with E-state index in [0.29, 0.717) is 47.0 Å². The summed E-state index contributed by atoms with van der Waals surface area (Å²) in [6.07, 6.45) is 1.54. The molecule has 0 fully saturated rings. The van der Waals surface area contributed by atoms with Crippen LogP contribution in [0.2, 0.25) is 0 Å². The molecule has 9 nitrogen and oxygen atoms in total. The fraction of sp³-hybridized carbons (Fsp3) is 0.185. The summed E-state index contributed by atoms with van der Waals surface area (Å²) in [5.74, 6) is 0.668. The average molecular weight is 563 g/mol. The lowest BCUT2D eigenvalue weighted by molar-refractivity contribution is -0.137. The van der Waals surface area contributed by atoms with Crippen molar-refractivity contribution in [3.63, 3.8) is 0 Å². The van der Waals surface area contributed by atoms with Gasteiger partial charge in [0.05, 0.1) is 12.1 Å². The van der Waals surface area contributed by atoms with E-state index in [4.69, 9.17) is 15.7 Å². The lowest BCUT2D eigenvalue weighted by atomic mass is 9.90. The highest BCUT2D eigenvalue weighted by molar-refractivity contribution is 7.15. The number of carbonyl (C=O) groups is 1. The van der Waals surface area contributed by atoms with E-state index in [-0.39, 0.29) is 11.1 Å². The van der Waals surface area contributed by atoms with Crippen molar-refractivity contribution >= 4 is 51.6 Å². The number of anilines is 3. The van der Waals surface area contributed by atoms with Crippen LogP contribution in [0.25, 0.3) is 22.8 Å².